The highest BCUT2D eigenvalue weighted by atomic mass is 16.5. The molecule has 0 bridgehead atoms. The van der Waals surface area contributed by atoms with Gasteiger partial charge in [0.15, 0.2) is 0 Å². The summed E-state index contributed by atoms with van der Waals surface area (Å²) in [5, 5.41) is 10.9. The molecule has 3 heterocycles. The summed E-state index contributed by atoms with van der Waals surface area (Å²) >= 11 is 0. The van der Waals surface area contributed by atoms with Gasteiger partial charge in [0.1, 0.15) is 5.75 Å². The van der Waals surface area contributed by atoms with Crippen LogP contribution in [0, 0.1) is 11.8 Å². The first kappa shape index (κ1) is 18.9. The highest BCUT2D eigenvalue weighted by Crippen LogP contribution is 2.46. The van der Waals surface area contributed by atoms with Gasteiger partial charge in [0.2, 0.25) is 0 Å². The maximum atomic E-state index is 11.9. The lowest BCUT2D eigenvalue weighted by Crippen LogP contribution is -2.46. The van der Waals surface area contributed by atoms with E-state index in [4.69, 9.17) is 9.47 Å². The zero-order chi connectivity index (χ0) is 19.8. The van der Waals surface area contributed by atoms with Crippen molar-refractivity contribution in [2.24, 2.45) is 11.8 Å². The number of carboxylic acid groups (broad SMARTS) is 1. The number of hydrogen-bond donors (Lipinski definition) is 2. The van der Waals surface area contributed by atoms with Gasteiger partial charge in [-0.2, -0.15) is 0 Å². The Morgan fingerprint density at radius 2 is 2.21 bits per heavy atom. The highest BCUT2D eigenvalue weighted by molar-refractivity contribution is 5.91. The average molecular weight is 384 g/mol. The van der Waals surface area contributed by atoms with Gasteiger partial charge in [-0.15, -0.1) is 0 Å². The molecule has 2 N–H and O–H groups in total. The van der Waals surface area contributed by atoms with Gasteiger partial charge in [-0.05, 0) is 42.4 Å². The van der Waals surface area contributed by atoms with Crippen molar-refractivity contribution in [2.75, 3.05) is 27.3 Å². The summed E-state index contributed by atoms with van der Waals surface area (Å²) in [6.45, 7) is 4.04. The third kappa shape index (κ3) is 2.96. The molecule has 0 spiro atoms. The van der Waals surface area contributed by atoms with E-state index in [1.54, 1.807) is 7.11 Å². The van der Waals surface area contributed by atoms with Gasteiger partial charge in [-0.1, -0.05) is 19.4 Å². The predicted molar refractivity (Wildman–Crippen MR) is 107 cm³/mol. The van der Waals surface area contributed by atoms with Crippen LogP contribution in [-0.4, -0.2) is 48.3 Å². The first-order chi connectivity index (χ1) is 13.6. The van der Waals surface area contributed by atoms with Gasteiger partial charge in [-0.3, -0.25) is 4.90 Å². The first-order valence-electron chi connectivity index (χ1n) is 9.96. The summed E-state index contributed by atoms with van der Waals surface area (Å²) in [5.41, 5.74) is 4.00. The maximum Gasteiger partial charge on any atom is 0.334 e. The van der Waals surface area contributed by atoms with E-state index in [1.165, 1.54) is 30.0 Å². The second-order valence-electron chi connectivity index (χ2n) is 7.79. The van der Waals surface area contributed by atoms with Gasteiger partial charge < -0.3 is 19.6 Å². The Balaban J connectivity index is 1.77. The second-order valence-corrected chi connectivity index (χ2v) is 7.79. The minimum Gasteiger partial charge on any atom is -0.504 e. The number of rotatable bonds is 5. The molecule has 1 aromatic carbocycles. The summed E-state index contributed by atoms with van der Waals surface area (Å²) in [7, 11) is 3.22. The van der Waals surface area contributed by atoms with E-state index in [0.717, 1.165) is 43.6 Å². The Kier molecular flexibility index (Phi) is 5.06. The fraction of sp³-hybridized carbons (Fsp3) is 0.500. The van der Waals surface area contributed by atoms with Crippen LogP contribution in [0.25, 0.3) is 10.9 Å². The van der Waals surface area contributed by atoms with Crippen molar-refractivity contribution in [1.82, 2.24) is 9.88 Å². The number of aromatic nitrogens is 1. The van der Waals surface area contributed by atoms with Crippen molar-refractivity contribution in [3.8, 4) is 5.75 Å². The number of H-pyrrole nitrogens is 1. The smallest absolute Gasteiger partial charge is 0.334 e. The van der Waals surface area contributed by atoms with E-state index in [0.29, 0.717) is 11.5 Å². The predicted octanol–water partition coefficient (Wildman–Crippen LogP) is 3.74. The Bertz CT molecular complexity index is 917. The zero-order valence-corrected chi connectivity index (χ0v) is 16.7. The number of piperidine rings is 1. The van der Waals surface area contributed by atoms with Crippen molar-refractivity contribution in [2.45, 2.75) is 32.2 Å². The molecule has 0 aliphatic carbocycles. The Hall–Kier alpha value is -2.47. The molecule has 150 valence electrons. The molecule has 2 aliphatic heterocycles. The lowest BCUT2D eigenvalue weighted by molar-refractivity contribution is -0.134. The number of carbonyl (C=O) groups is 1. The molecule has 2 aromatic rings. The molecule has 4 rings (SSSR count). The lowest BCUT2D eigenvalue weighted by Gasteiger charge is -2.46. The van der Waals surface area contributed by atoms with Crippen LogP contribution < -0.4 is 4.74 Å². The molecule has 2 aliphatic rings. The van der Waals surface area contributed by atoms with Gasteiger partial charge in [0.25, 0.3) is 0 Å². The van der Waals surface area contributed by atoms with Crippen LogP contribution in [0.5, 0.6) is 5.75 Å². The van der Waals surface area contributed by atoms with Crippen molar-refractivity contribution in [3.63, 3.8) is 0 Å². The standard InChI is InChI=1S/C22H28N2O4/c1-4-13-11-24-9-8-14-20-17(6-5-7-19(20)28-3)23-21(14)18(24)10-15(13)16(12-27-2)22(25)26/h5-7,12-13,15,18,23H,4,8-11H2,1-3H3,(H,25,26)/b16-12+/t13?,15-,18?/m0/s1. The number of fused-ring (bicyclic) bond motifs is 5. The third-order valence-corrected chi connectivity index (χ3v) is 6.50. The van der Waals surface area contributed by atoms with Crippen LogP contribution >= 0.6 is 0 Å². The number of aromatic amines is 1. The fourth-order valence-corrected chi connectivity index (χ4v) is 5.17. The number of ether oxygens (including phenoxy) is 2. The van der Waals surface area contributed by atoms with Gasteiger partial charge in [0.05, 0.1) is 32.1 Å². The molecule has 6 nitrogen and oxygen atoms in total. The monoisotopic (exact) mass is 384 g/mol. The summed E-state index contributed by atoms with van der Waals surface area (Å²) < 4.78 is 10.7. The molecule has 28 heavy (non-hydrogen) atoms. The molecule has 1 fully saturated rings. The van der Waals surface area contributed by atoms with E-state index in [9.17, 15) is 9.90 Å². The fourth-order valence-electron chi connectivity index (χ4n) is 5.17. The molecular formula is C22H28N2O4. The molecule has 0 radical (unpaired) electrons. The van der Waals surface area contributed by atoms with Gasteiger partial charge in [-0.25, -0.2) is 4.79 Å². The molecule has 6 heteroatoms. The van der Waals surface area contributed by atoms with E-state index in [2.05, 4.69) is 22.9 Å². The third-order valence-electron chi connectivity index (χ3n) is 6.50. The number of nitrogens with one attached hydrogen (secondary N) is 1. The van der Waals surface area contributed by atoms with Crippen molar-refractivity contribution < 1.29 is 19.4 Å². The summed E-state index contributed by atoms with van der Waals surface area (Å²) in [5.74, 6) is 0.304. The number of hydrogen-bond acceptors (Lipinski definition) is 4. The molecule has 1 aromatic heterocycles. The number of methoxy groups -OCH3 is 2. The Morgan fingerprint density at radius 1 is 1.39 bits per heavy atom. The van der Waals surface area contributed by atoms with Crippen molar-refractivity contribution in [3.05, 3.63) is 41.3 Å². The van der Waals surface area contributed by atoms with Crippen LogP contribution in [0.2, 0.25) is 0 Å². The van der Waals surface area contributed by atoms with Crippen LogP contribution in [0.4, 0.5) is 0 Å². The lowest BCUT2D eigenvalue weighted by atomic mass is 9.74. The molecule has 1 saturated heterocycles. The number of aliphatic carboxylic acids is 1. The van der Waals surface area contributed by atoms with E-state index >= 15 is 0 Å². The van der Waals surface area contributed by atoms with Crippen LogP contribution in [0.15, 0.2) is 30.0 Å². The first-order valence-corrected chi connectivity index (χ1v) is 9.96. The molecular weight excluding hydrogens is 356 g/mol. The summed E-state index contributed by atoms with van der Waals surface area (Å²) in [4.78, 5) is 18.0. The number of carboxylic acids is 1. The van der Waals surface area contributed by atoms with Gasteiger partial charge in [0, 0.05) is 29.7 Å². The van der Waals surface area contributed by atoms with E-state index in [1.807, 2.05) is 12.1 Å². The van der Waals surface area contributed by atoms with Crippen LogP contribution in [-0.2, 0) is 16.0 Å². The molecule has 3 atom stereocenters. The van der Waals surface area contributed by atoms with Crippen LogP contribution in [0.3, 0.4) is 0 Å². The molecule has 0 saturated carbocycles. The van der Waals surface area contributed by atoms with Gasteiger partial charge >= 0.3 is 5.97 Å². The molecule has 2 unspecified atom stereocenters. The number of benzene rings is 1. The summed E-state index contributed by atoms with van der Waals surface area (Å²) in [6.07, 6.45) is 4.13. The zero-order valence-electron chi connectivity index (χ0n) is 16.7. The minimum absolute atomic E-state index is 0.0250. The second kappa shape index (κ2) is 7.51. The van der Waals surface area contributed by atoms with Crippen molar-refractivity contribution in [1.29, 1.82) is 0 Å². The quantitative estimate of drug-likeness (QED) is 0.607. The SMILES string of the molecule is CCC1CN2CCc3c([nH]c4cccc(OC)c34)C2C[C@@H]1/C(=C\OC)C(=O)O. The average Bonchev–Trinajstić information content (AvgIpc) is 3.10. The van der Waals surface area contributed by atoms with E-state index < -0.39 is 5.97 Å². The summed E-state index contributed by atoms with van der Waals surface area (Å²) in [6, 6.07) is 6.28. The Morgan fingerprint density at radius 3 is 2.89 bits per heavy atom. The molecule has 0 amide bonds. The Labute approximate surface area is 165 Å². The number of nitrogens with zero attached hydrogens (tertiary/aromatic N) is 1. The maximum absolute atomic E-state index is 11.9. The topological polar surface area (TPSA) is 74.8 Å². The normalized spacial score (nSPS) is 25.2. The van der Waals surface area contributed by atoms with Crippen LogP contribution in [0.1, 0.15) is 37.1 Å². The van der Waals surface area contributed by atoms with E-state index in [-0.39, 0.29) is 12.0 Å². The minimum atomic E-state index is -0.881. The largest absolute Gasteiger partial charge is 0.504 e. The van der Waals surface area contributed by atoms with Crippen molar-refractivity contribution >= 4 is 16.9 Å². The highest BCUT2D eigenvalue weighted by Gasteiger charge is 2.42.